The molecule has 0 aliphatic carbocycles. The van der Waals surface area contributed by atoms with Crippen molar-refractivity contribution in [3.05, 3.63) is 53.5 Å². The maximum atomic E-state index is 13.0. The van der Waals surface area contributed by atoms with Crippen molar-refractivity contribution in [1.29, 1.82) is 0 Å². The first kappa shape index (κ1) is 15.7. The van der Waals surface area contributed by atoms with E-state index in [4.69, 9.17) is 4.42 Å². The highest BCUT2D eigenvalue weighted by Gasteiger charge is 2.26. The molecule has 0 aliphatic heterocycles. The molecule has 21 heavy (non-hydrogen) atoms. The molecule has 0 saturated heterocycles. The molecule has 0 bridgehead atoms. The van der Waals surface area contributed by atoms with Crippen LogP contribution in [0.15, 0.2) is 45.9 Å². The molecule has 1 N–H and O–H groups in total. The molecule has 0 amide bonds. The van der Waals surface area contributed by atoms with Gasteiger partial charge in [-0.1, -0.05) is 26.0 Å². The number of rotatable bonds is 5. The average molecular weight is 311 g/mol. The van der Waals surface area contributed by atoms with Crippen LogP contribution in [0.4, 0.5) is 4.39 Å². The van der Waals surface area contributed by atoms with Crippen molar-refractivity contribution in [2.24, 2.45) is 5.92 Å². The van der Waals surface area contributed by atoms with Crippen LogP contribution in [0.25, 0.3) is 0 Å². The van der Waals surface area contributed by atoms with E-state index in [-0.39, 0.29) is 16.8 Å². The van der Waals surface area contributed by atoms with Gasteiger partial charge in [0.2, 0.25) is 5.09 Å². The van der Waals surface area contributed by atoms with Crippen molar-refractivity contribution < 1.29 is 17.2 Å². The number of sulfonamides is 1. The summed E-state index contributed by atoms with van der Waals surface area (Å²) in [6.45, 7) is 5.47. The molecule has 0 aliphatic rings. The maximum Gasteiger partial charge on any atom is 0.274 e. The predicted molar refractivity (Wildman–Crippen MR) is 77.7 cm³/mol. The normalized spacial score (nSPS) is 13.6. The second kappa shape index (κ2) is 5.99. The lowest BCUT2D eigenvalue weighted by Crippen LogP contribution is -2.31. The van der Waals surface area contributed by atoms with Crippen LogP contribution in [0.3, 0.4) is 0 Å². The van der Waals surface area contributed by atoms with Gasteiger partial charge >= 0.3 is 0 Å². The Balaban J connectivity index is 2.30. The minimum Gasteiger partial charge on any atom is -0.449 e. The minimum atomic E-state index is -3.75. The van der Waals surface area contributed by atoms with Crippen LogP contribution < -0.4 is 4.72 Å². The molecule has 1 aromatic carbocycles. The first-order chi connectivity index (χ1) is 9.79. The second-order valence-electron chi connectivity index (χ2n) is 5.26. The highest BCUT2D eigenvalue weighted by Crippen LogP contribution is 2.25. The van der Waals surface area contributed by atoms with Gasteiger partial charge < -0.3 is 4.42 Å². The number of hydrogen-bond donors (Lipinski definition) is 1. The number of hydrogen-bond acceptors (Lipinski definition) is 3. The van der Waals surface area contributed by atoms with Crippen LogP contribution in [0.5, 0.6) is 0 Å². The second-order valence-corrected chi connectivity index (χ2v) is 6.90. The Morgan fingerprint density at radius 3 is 2.19 bits per heavy atom. The Kier molecular flexibility index (Phi) is 4.49. The Labute approximate surface area is 124 Å². The summed E-state index contributed by atoms with van der Waals surface area (Å²) >= 11 is 0. The predicted octanol–water partition coefficient (Wildman–Crippen LogP) is 3.40. The molecular formula is C15H18FNO3S. The fourth-order valence-electron chi connectivity index (χ4n) is 2.04. The molecule has 1 unspecified atom stereocenters. The third kappa shape index (κ3) is 3.71. The highest BCUT2D eigenvalue weighted by atomic mass is 32.2. The van der Waals surface area contributed by atoms with Crippen LogP contribution in [0.1, 0.15) is 31.2 Å². The molecule has 0 fully saturated rings. The van der Waals surface area contributed by atoms with Crippen LogP contribution >= 0.6 is 0 Å². The summed E-state index contributed by atoms with van der Waals surface area (Å²) in [5.74, 6) is 0.172. The molecule has 2 rings (SSSR count). The summed E-state index contributed by atoms with van der Waals surface area (Å²) in [5.41, 5.74) is 0.707. The van der Waals surface area contributed by atoms with Gasteiger partial charge in [-0.2, -0.15) is 0 Å². The minimum absolute atomic E-state index is 0.00120. The lowest BCUT2D eigenvalue weighted by atomic mass is 9.97. The van der Waals surface area contributed by atoms with Gasteiger partial charge in [-0.25, -0.2) is 17.5 Å². The fourth-order valence-corrected chi connectivity index (χ4v) is 3.39. The Morgan fingerprint density at radius 1 is 1.10 bits per heavy atom. The number of nitrogens with one attached hydrogen (secondary N) is 1. The Bertz CT molecular complexity index is 705. The van der Waals surface area contributed by atoms with E-state index < -0.39 is 16.1 Å². The molecule has 114 valence electrons. The van der Waals surface area contributed by atoms with Gasteiger partial charge in [0.1, 0.15) is 11.6 Å². The van der Waals surface area contributed by atoms with Crippen molar-refractivity contribution in [2.75, 3.05) is 0 Å². The van der Waals surface area contributed by atoms with Gasteiger partial charge in [-0.3, -0.25) is 0 Å². The van der Waals surface area contributed by atoms with Gasteiger partial charge in [0.25, 0.3) is 10.0 Å². The van der Waals surface area contributed by atoms with Gasteiger partial charge in [-0.15, -0.1) is 0 Å². The van der Waals surface area contributed by atoms with Crippen molar-refractivity contribution in [3.8, 4) is 0 Å². The lowest BCUT2D eigenvalue weighted by molar-refractivity contribution is 0.411. The Morgan fingerprint density at radius 2 is 1.71 bits per heavy atom. The first-order valence-electron chi connectivity index (χ1n) is 6.64. The third-order valence-electron chi connectivity index (χ3n) is 3.16. The molecule has 0 radical (unpaired) electrons. The van der Waals surface area contributed by atoms with Crippen LogP contribution in [0.2, 0.25) is 0 Å². The molecule has 6 heteroatoms. The van der Waals surface area contributed by atoms with Crippen molar-refractivity contribution in [2.45, 2.75) is 31.9 Å². The highest BCUT2D eigenvalue weighted by molar-refractivity contribution is 7.89. The molecule has 0 saturated carbocycles. The Hall–Kier alpha value is -1.66. The van der Waals surface area contributed by atoms with E-state index in [0.717, 1.165) is 0 Å². The maximum absolute atomic E-state index is 13.0. The van der Waals surface area contributed by atoms with E-state index >= 15 is 0 Å². The monoisotopic (exact) mass is 311 g/mol. The molecule has 0 spiro atoms. The average Bonchev–Trinajstić information content (AvgIpc) is 2.84. The van der Waals surface area contributed by atoms with Gasteiger partial charge in [0.15, 0.2) is 0 Å². The SMILES string of the molecule is Cc1ccc(S(=O)(=O)NC(c2ccc(F)cc2)C(C)C)o1. The summed E-state index contributed by atoms with van der Waals surface area (Å²) in [4.78, 5) is 0. The third-order valence-corrected chi connectivity index (χ3v) is 4.47. The lowest BCUT2D eigenvalue weighted by Gasteiger charge is -2.22. The van der Waals surface area contributed by atoms with E-state index in [1.807, 2.05) is 13.8 Å². The van der Waals surface area contributed by atoms with E-state index in [1.165, 1.54) is 18.2 Å². The first-order valence-corrected chi connectivity index (χ1v) is 8.12. The zero-order chi connectivity index (χ0) is 15.6. The molecule has 2 aromatic rings. The molecular weight excluding hydrogens is 293 g/mol. The van der Waals surface area contributed by atoms with Crippen LogP contribution in [0, 0.1) is 18.7 Å². The number of aryl methyl sites for hydroxylation is 1. The van der Waals surface area contributed by atoms with E-state index in [2.05, 4.69) is 4.72 Å². The summed E-state index contributed by atoms with van der Waals surface area (Å²) in [6, 6.07) is 8.34. The number of furan rings is 1. The summed E-state index contributed by atoms with van der Waals surface area (Å²) < 4.78 is 45.4. The molecule has 4 nitrogen and oxygen atoms in total. The number of halogens is 1. The molecule has 1 atom stereocenters. The van der Waals surface area contributed by atoms with Gasteiger partial charge in [-0.05, 0) is 42.7 Å². The van der Waals surface area contributed by atoms with E-state index in [9.17, 15) is 12.8 Å². The summed E-state index contributed by atoms with van der Waals surface area (Å²) in [5, 5.41) is -0.118. The molecule has 1 aromatic heterocycles. The standard InChI is InChI=1S/C15H18FNO3S/c1-10(2)15(12-5-7-13(16)8-6-12)17-21(18,19)14-9-4-11(3)20-14/h4-10,15,17H,1-3H3. The topological polar surface area (TPSA) is 59.3 Å². The summed E-state index contributed by atoms with van der Waals surface area (Å²) in [7, 11) is -3.75. The van der Waals surface area contributed by atoms with E-state index in [0.29, 0.717) is 11.3 Å². The van der Waals surface area contributed by atoms with Gasteiger partial charge in [0.05, 0.1) is 0 Å². The largest absolute Gasteiger partial charge is 0.449 e. The quantitative estimate of drug-likeness (QED) is 0.920. The smallest absolute Gasteiger partial charge is 0.274 e. The van der Waals surface area contributed by atoms with E-state index in [1.54, 1.807) is 25.1 Å². The van der Waals surface area contributed by atoms with Gasteiger partial charge in [0, 0.05) is 6.04 Å². The van der Waals surface area contributed by atoms with Crippen LogP contribution in [-0.2, 0) is 10.0 Å². The van der Waals surface area contributed by atoms with Crippen molar-refractivity contribution in [1.82, 2.24) is 4.72 Å². The van der Waals surface area contributed by atoms with Crippen LogP contribution in [-0.4, -0.2) is 8.42 Å². The van der Waals surface area contributed by atoms with Crippen molar-refractivity contribution in [3.63, 3.8) is 0 Å². The number of benzene rings is 1. The summed E-state index contributed by atoms with van der Waals surface area (Å²) in [6.07, 6.45) is 0. The zero-order valence-electron chi connectivity index (χ0n) is 12.1. The fraction of sp³-hybridized carbons (Fsp3) is 0.333. The zero-order valence-corrected chi connectivity index (χ0v) is 12.9. The molecule has 1 heterocycles. The van der Waals surface area contributed by atoms with Crippen molar-refractivity contribution >= 4 is 10.0 Å².